The quantitative estimate of drug-likeness (QED) is 0.426. The van der Waals surface area contributed by atoms with Gasteiger partial charge in [-0.25, -0.2) is 13.8 Å². The average Bonchev–Trinajstić information content (AvgIpc) is 3.22. The number of ether oxygens (including phenoxy) is 1. The van der Waals surface area contributed by atoms with Crippen molar-refractivity contribution < 1.29 is 31.5 Å². The molecule has 1 unspecified atom stereocenters. The van der Waals surface area contributed by atoms with Crippen LogP contribution in [0.5, 0.6) is 0 Å². The van der Waals surface area contributed by atoms with E-state index in [1.165, 1.54) is 18.0 Å². The molecule has 5 rings (SSSR count). The number of benzene rings is 1. The highest BCUT2D eigenvalue weighted by atomic mass is 19.4. The Hall–Kier alpha value is -3.80. The van der Waals surface area contributed by atoms with Gasteiger partial charge in [0.15, 0.2) is 11.6 Å². The number of fused-ring (bicyclic) bond motifs is 4. The minimum Gasteiger partial charge on any atom is -0.373 e. The number of hydrogen-bond acceptors (Lipinski definition) is 4. The van der Waals surface area contributed by atoms with Crippen molar-refractivity contribution in [2.45, 2.75) is 18.8 Å². The summed E-state index contributed by atoms with van der Waals surface area (Å²) in [5.41, 5.74) is -0.810. The summed E-state index contributed by atoms with van der Waals surface area (Å²) in [4.78, 5) is 35.9. The Labute approximate surface area is 187 Å². The highest BCUT2D eigenvalue weighted by Crippen LogP contribution is 2.35. The number of rotatable bonds is 2. The van der Waals surface area contributed by atoms with Crippen LogP contribution in [0, 0.1) is 11.6 Å². The monoisotopic (exact) mass is 478 g/mol. The molecular formula is C22H15F5N4O3. The van der Waals surface area contributed by atoms with E-state index in [1.54, 1.807) is 0 Å². The van der Waals surface area contributed by atoms with Crippen LogP contribution in [0.4, 0.5) is 22.0 Å². The first kappa shape index (κ1) is 22.0. The molecule has 3 aromatic heterocycles. The van der Waals surface area contributed by atoms with Crippen LogP contribution in [0.15, 0.2) is 35.3 Å². The Bertz CT molecular complexity index is 1530. The molecular weight excluding hydrogens is 463 g/mol. The smallest absolute Gasteiger partial charge is 0.373 e. The van der Waals surface area contributed by atoms with Gasteiger partial charge in [0.25, 0.3) is 11.5 Å². The summed E-state index contributed by atoms with van der Waals surface area (Å²) in [6.07, 6.45) is -3.92. The molecule has 1 aliphatic heterocycles. The third-order valence-electron chi connectivity index (χ3n) is 5.86. The predicted molar refractivity (Wildman–Crippen MR) is 110 cm³/mol. The number of aromatic amines is 2. The van der Waals surface area contributed by atoms with Crippen molar-refractivity contribution in [3.8, 4) is 0 Å². The number of hydrogen-bond donors (Lipinski definition) is 2. The molecule has 4 aromatic rings. The summed E-state index contributed by atoms with van der Waals surface area (Å²) in [6.45, 7) is -0.0132. The lowest BCUT2D eigenvalue weighted by Crippen LogP contribution is -2.37. The molecule has 0 fully saturated rings. The fraction of sp³-hybridized carbons (Fsp3) is 0.227. The zero-order valence-electron chi connectivity index (χ0n) is 17.4. The van der Waals surface area contributed by atoms with Crippen LogP contribution in [0.25, 0.3) is 21.8 Å². The first-order valence-electron chi connectivity index (χ1n) is 9.99. The normalized spacial score (nSPS) is 16.1. The lowest BCUT2D eigenvalue weighted by Gasteiger charge is -2.33. The van der Waals surface area contributed by atoms with E-state index in [2.05, 4.69) is 15.0 Å². The van der Waals surface area contributed by atoms with Gasteiger partial charge in [0, 0.05) is 29.9 Å². The van der Waals surface area contributed by atoms with Gasteiger partial charge in [-0.3, -0.25) is 9.59 Å². The maximum atomic E-state index is 14.0. The molecule has 0 spiro atoms. The first-order chi connectivity index (χ1) is 16.0. The van der Waals surface area contributed by atoms with Crippen LogP contribution in [0.3, 0.4) is 0 Å². The summed E-state index contributed by atoms with van der Waals surface area (Å²) < 4.78 is 72.3. The molecule has 1 amide bonds. The zero-order valence-corrected chi connectivity index (χ0v) is 17.4. The van der Waals surface area contributed by atoms with E-state index in [0.717, 1.165) is 18.2 Å². The lowest BCUT2D eigenvalue weighted by atomic mass is 9.95. The molecule has 0 radical (unpaired) electrons. The maximum absolute atomic E-state index is 14.0. The van der Waals surface area contributed by atoms with Gasteiger partial charge in [0.1, 0.15) is 11.3 Å². The number of H-pyrrole nitrogens is 2. The Balaban J connectivity index is 1.57. The Morgan fingerprint density at radius 2 is 1.82 bits per heavy atom. The predicted octanol–water partition coefficient (Wildman–Crippen LogP) is 4.04. The van der Waals surface area contributed by atoms with Crippen LogP contribution in [0.1, 0.15) is 33.4 Å². The number of amides is 1. The molecule has 2 N–H and O–H groups in total. The number of halogens is 5. The third-order valence-corrected chi connectivity index (χ3v) is 5.86. The topological polar surface area (TPSA) is 91.1 Å². The lowest BCUT2D eigenvalue weighted by molar-refractivity contribution is -0.137. The van der Waals surface area contributed by atoms with E-state index >= 15 is 0 Å². The molecule has 1 aromatic carbocycles. The van der Waals surface area contributed by atoms with Gasteiger partial charge >= 0.3 is 6.18 Å². The van der Waals surface area contributed by atoms with E-state index in [1.807, 2.05) is 0 Å². The summed E-state index contributed by atoms with van der Waals surface area (Å²) in [5, 5.41) is 0.151. The van der Waals surface area contributed by atoms with Gasteiger partial charge in [-0.15, -0.1) is 0 Å². The molecule has 4 heterocycles. The number of alkyl halides is 3. The van der Waals surface area contributed by atoms with E-state index in [0.29, 0.717) is 17.5 Å². The van der Waals surface area contributed by atoms with Crippen molar-refractivity contribution in [2.24, 2.45) is 0 Å². The number of nitrogens with one attached hydrogen (secondary N) is 2. The van der Waals surface area contributed by atoms with E-state index in [-0.39, 0.29) is 40.7 Å². The van der Waals surface area contributed by atoms with E-state index < -0.39 is 40.9 Å². The number of aromatic nitrogens is 3. The van der Waals surface area contributed by atoms with Gasteiger partial charge < -0.3 is 19.6 Å². The van der Waals surface area contributed by atoms with E-state index in [4.69, 9.17) is 4.74 Å². The van der Waals surface area contributed by atoms with Crippen molar-refractivity contribution in [1.29, 1.82) is 0 Å². The van der Waals surface area contributed by atoms with E-state index in [9.17, 15) is 31.5 Å². The van der Waals surface area contributed by atoms with Crippen molar-refractivity contribution in [3.63, 3.8) is 0 Å². The second kappa shape index (κ2) is 7.62. The van der Waals surface area contributed by atoms with Gasteiger partial charge in [0.05, 0.1) is 30.2 Å². The molecule has 1 atom stereocenters. The molecule has 12 heteroatoms. The average molecular weight is 478 g/mol. The maximum Gasteiger partial charge on any atom is 0.417 e. The minimum atomic E-state index is -4.59. The van der Waals surface area contributed by atoms with Gasteiger partial charge in [-0.2, -0.15) is 13.2 Å². The fourth-order valence-corrected chi connectivity index (χ4v) is 4.16. The molecule has 0 saturated carbocycles. The molecule has 34 heavy (non-hydrogen) atoms. The third kappa shape index (κ3) is 3.50. The highest BCUT2D eigenvalue weighted by molar-refractivity contribution is 5.98. The molecule has 0 aliphatic carbocycles. The zero-order chi connectivity index (χ0) is 24.4. The van der Waals surface area contributed by atoms with Gasteiger partial charge in [-0.1, -0.05) is 0 Å². The van der Waals surface area contributed by atoms with Crippen molar-refractivity contribution >= 4 is 27.7 Å². The highest BCUT2D eigenvalue weighted by Gasteiger charge is 2.33. The van der Waals surface area contributed by atoms with Crippen LogP contribution >= 0.6 is 0 Å². The number of carbonyl (C=O) groups is 1. The molecule has 7 nitrogen and oxygen atoms in total. The Kier molecular flexibility index (Phi) is 4.93. The van der Waals surface area contributed by atoms with Crippen molar-refractivity contribution in [3.05, 3.63) is 75.0 Å². The first-order valence-corrected chi connectivity index (χ1v) is 9.99. The second-order valence-electron chi connectivity index (χ2n) is 7.95. The van der Waals surface area contributed by atoms with Gasteiger partial charge in [-0.05, 0) is 29.7 Å². The largest absolute Gasteiger partial charge is 0.417 e. The van der Waals surface area contributed by atoms with Crippen LogP contribution < -0.4 is 5.56 Å². The molecule has 176 valence electrons. The summed E-state index contributed by atoms with van der Waals surface area (Å²) >= 11 is 0. The van der Waals surface area contributed by atoms with Crippen molar-refractivity contribution in [1.82, 2.24) is 19.9 Å². The van der Waals surface area contributed by atoms with Crippen molar-refractivity contribution in [2.75, 3.05) is 13.7 Å². The molecule has 0 bridgehead atoms. The fourth-order valence-electron chi connectivity index (χ4n) is 4.16. The number of likely N-dealkylation sites (N-methyl/N-ethyl adjacent to an activating group) is 1. The van der Waals surface area contributed by atoms with Gasteiger partial charge in [0.2, 0.25) is 0 Å². The molecule has 0 saturated heterocycles. The number of carbonyl (C=O) groups excluding carboxylic acids is 1. The Morgan fingerprint density at radius 1 is 1.12 bits per heavy atom. The SMILES string of the molecule is CN(C(=O)c1cc2cc(C(F)(F)F)cnc2[nH]1)C1COCc2[nH]c(=O)c3cc(F)c(F)cc3c21. The summed E-state index contributed by atoms with van der Waals surface area (Å²) in [6, 6.07) is 3.02. The molecule has 1 aliphatic rings. The van der Waals surface area contributed by atoms with Crippen LogP contribution in [-0.4, -0.2) is 39.4 Å². The summed E-state index contributed by atoms with van der Waals surface area (Å²) in [5.74, 6) is -2.94. The Morgan fingerprint density at radius 3 is 2.53 bits per heavy atom. The number of nitrogens with zero attached hydrogens (tertiary/aromatic N) is 2. The summed E-state index contributed by atoms with van der Waals surface area (Å²) in [7, 11) is 1.43. The van der Waals surface area contributed by atoms with Crippen LogP contribution in [-0.2, 0) is 17.5 Å². The minimum absolute atomic E-state index is 0.00539. The second-order valence-corrected chi connectivity index (χ2v) is 7.95. The number of pyridine rings is 2. The standard InChI is InChI=1S/C22H15F5N4O3/c1-31(21(33)15-3-9-2-10(22(25,26)27)6-28-19(9)29-15)17-8-34-7-16-18(17)11-4-13(23)14(24)5-12(11)20(32)30-16/h2-6,17H,7-8H2,1H3,(H,28,29)(H,30,32). The van der Waals surface area contributed by atoms with Crippen LogP contribution in [0.2, 0.25) is 0 Å².